The smallest absolute Gasteiger partial charge is 0.213 e. The predicted octanol–water partition coefficient (Wildman–Crippen LogP) is 3.85. The number of hydrogen-bond donors (Lipinski definition) is 1. The minimum Gasteiger partial charge on any atom is -0.478 e. The van der Waals surface area contributed by atoms with Crippen LogP contribution in [-0.2, 0) is 12.0 Å². The number of aromatic nitrogens is 2. The summed E-state index contributed by atoms with van der Waals surface area (Å²) in [6.45, 7) is 9.89. The molecule has 1 N–H and O–H groups in total. The molecule has 5 heteroatoms. The maximum absolute atomic E-state index is 5.32. The Balaban J connectivity index is 1.93. The summed E-state index contributed by atoms with van der Waals surface area (Å²) in [5.41, 5.74) is 1.10. The molecule has 108 valence electrons. The van der Waals surface area contributed by atoms with E-state index < -0.39 is 0 Å². The molecule has 0 aliphatic heterocycles. The molecule has 2 aromatic heterocycles. The minimum atomic E-state index is 0.115. The lowest BCUT2D eigenvalue weighted by Gasteiger charge is -2.13. The quantitative estimate of drug-likeness (QED) is 0.909. The Hall–Kier alpha value is -1.62. The highest BCUT2D eigenvalue weighted by molar-refractivity contribution is 7.11. The van der Waals surface area contributed by atoms with Crippen LogP contribution in [0.4, 0.5) is 5.69 Å². The zero-order valence-corrected chi connectivity index (χ0v) is 13.3. The van der Waals surface area contributed by atoms with E-state index in [0.717, 1.165) is 12.2 Å². The van der Waals surface area contributed by atoms with Gasteiger partial charge in [-0.15, -0.1) is 11.3 Å². The third kappa shape index (κ3) is 3.93. The molecule has 0 amide bonds. The number of hydrogen-bond acceptors (Lipinski definition) is 5. The van der Waals surface area contributed by atoms with Crippen molar-refractivity contribution in [3.8, 4) is 5.88 Å². The van der Waals surface area contributed by atoms with Gasteiger partial charge in [0.1, 0.15) is 0 Å². The maximum atomic E-state index is 5.32. The molecule has 0 aliphatic rings. The van der Waals surface area contributed by atoms with Crippen LogP contribution in [-0.4, -0.2) is 16.6 Å². The van der Waals surface area contributed by atoms with Crippen molar-refractivity contribution in [3.63, 3.8) is 0 Å². The van der Waals surface area contributed by atoms with Crippen molar-refractivity contribution in [1.82, 2.24) is 9.97 Å². The lowest BCUT2D eigenvalue weighted by atomic mass is 9.98. The summed E-state index contributed by atoms with van der Waals surface area (Å²) >= 11 is 1.75. The van der Waals surface area contributed by atoms with Crippen LogP contribution < -0.4 is 10.1 Å². The number of anilines is 1. The third-order valence-corrected chi connectivity index (χ3v) is 4.11. The van der Waals surface area contributed by atoms with Crippen LogP contribution in [0.5, 0.6) is 5.88 Å². The fourth-order valence-corrected chi connectivity index (χ4v) is 2.55. The van der Waals surface area contributed by atoms with E-state index in [0.29, 0.717) is 12.5 Å². The van der Waals surface area contributed by atoms with Crippen molar-refractivity contribution >= 4 is 17.0 Å². The number of ether oxygens (including phenoxy) is 1. The molecule has 0 fully saturated rings. The monoisotopic (exact) mass is 291 g/mol. The summed E-state index contributed by atoms with van der Waals surface area (Å²) in [4.78, 5) is 9.94. The predicted molar refractivity (Wildman–Crippen MR) is 83.5 cm³/mol. The molecule has 0 saturated carbocycles. The van der Waals surface area contributed by atoms with Crippen molar-refractivity contribution in [2.45, 2.75) is 39.7 Å². The van der Waals surface area contributed by atoms with Crippen molar-refractivity contribution in [3.05, 3.63) is 34.4 Å². The largest absolute Gasteiger partial charge is 0.478 e. The van der Waals surface area contributed by atoms with Gasteiger partial charge in [-0.05, 0) is 13.0 Å². The first-order valence-electron chi connectivity index (χ1n) is 6.77. The molecule has 0 aromatic carbocycles. The second-order valence-corrected chi connectivity index (χ2v) is 6.67. The SMILES string of the molecule is CCOc1ccc(NCc2cnc(C(C)(C)C)s2)cn1. The van der Waals surface area contributed by atoms with E-state index in [1.54, 1.807) is 17.5 Å². The van der Waals surface area contributed by atoms with Crippen LogP contribution in [0.3, 0.4) is 0 Å². The van der Waals surface area contributed by atoms with E-state index in [4.69, 9.17) is 4.74 Å². The molecule has 2 rings (SSSR count). The Morgan fingerprint density at radius 1 is 1.20 bits per heavy atom. The Labute approximate surface area is 124 Å². The van der Waals surface area contributed by atoms with E-state index in [1.165, 1.54) is 9.88 Å². The van der Waals surface area contributed by atoms with E-state index in [-0.39, 0.29) is 5.41 Å². The van der Waals surface area contributed by atoms with Gasteiger partial charge in [0, 0.05) is 22.6 Å². The molecule has 0 unspecified atom stereocenters. The van der Waals surface area contributed by atoms with E-state index in [9.17, 15) is 0 Å². The standard InChI is InChI=1S/C15H21N3OS/c1-5-19-13-7-6-11(8-17-13)16-9-12-10-18-14(20-12)15(2,3)4/h6-8,10,16H,5,9H2,1-4H3. The van der Waals surface area contributed by atoms with Gasteiger partial charge in [-0.3, -0.25) is 0 Å². The summed E-state index contributed by atoms with van der Waals surface area (Å²) in [5.74, 6) is 0.658. The number of pyridine rings is 1. The second kappa shape index (κ2) is 6.22. The van der Waals surface area contributed by atoms with E-state index >= 15 is 0 Å². The average molecular weight is 291 g/mol. The van der Waals surface area contributed by atoms with Gasteiger partial charge < -0.3 is 10.1 Å². The highest BCUT2D eigenvalue weighted by atomic mass is 32.1. The summed E-state index contributed by atoms with van der Waals surface area (Å²) in [6, 6.07) is 3.85. The lowest BCUT2D eigenvalue weighted by Crippen LogP contribution is -2.09. The van der Waals surface area contributed by atoms with Gasteiger partial charge >= 0.3 is 0 Å². The van der Waals surface area contributed by atoms with Crippen molar-refractivity contribution in [1.29, 1.82) is 0 Å². The number of nitrogens with one attached hydrogen (secondary N) is 1. The fourth-order valence-electron chi connectivity index (χ4n) is 1.64. The van der Waals surface area contributed by atoms with Crippen molar-refractivity contribution in [2.75, 3.05) is 11.9 Å². The van der Waals surface area contributed by atoms with Crippen molar-refractivity contribution < 1.29 is 4.74 Å². The first-order valence-corrected chi connectivity index (χ1v) is 7.58. The molecular formula is C15H21N3OS. The molecule has 0 bridgehead atoms. The van der Waals surface area contributed by atoms with Gasteiger partial charge in [0.15, 0.2) is 0 Å². The van der Waals surface area contributed by atoms with Gasteiger partial charge in [-0.2, -0.15) is 0 Å². The zero-order valence-electron chi connectivity index (χ0n) is 12.4. The van der Waals surface area contributed by atoms with Crippen LogP contribution in [0.1, 0.15) is 37.6 Å². The van der Waals surface area contributed by atoms with Crippen LogP contribution in [0, 0.1) is 0 Å². The Bertz CT molecular complexity index is 543. The summed E-state index contributed by atoms with van der Waals surface area (Å²) in [6.07, 6.45) is 3.73. The average Bonchev–Trinajstić information content (AvgIpc) is 2.87. The molecule has 2 aromatic rings. The minimum absolute atomic E-state index is 0.115. The van der Waals surface area contributed by atoms with Gasteiger partial charge in [0.2, 0.25) is 5.88 Å². The second-order valence-electron chi connectivity index (χ2n) is 5.55. The third-order valence-electron chi connectivity index (χ3n) is 2.69. The molecule has 0 spiro atoms. The number of thiazole rings is 1. The summed E-state index contributed by atoms with van der Waals surface area (Å²) < 4.78 is 5.32. The molecule has 4 nitrogen and oxygen atoms in total. The van der Waals surface area contributed by atoms with E-state index in [2.05, 4.69) is 36.1 Å². The molecule has 0 saturated heterocycles. The van der Waals surface area contributed by atoms with E-state index in [1.807, 2.05) is 25.3 Å². The Morgan fingerprint density at radius 2 is 2.00 bits per heavy atom. The van der Waals surface area contributed by atoms with Gasteiger partial charge in [-0.25, -0.2) is 9.97 Å². The maximum Gasteiger partial charge on any atom is 0.213 e. The molecular weight excluding hydrogens is 270 g/mol. The first-order chi connectivity index (χ1) is 9.49. The van der Waals surface area contributed by atoms with Gasteiger partial charge in [0.05, 0.1) is 30.0 Å². The highest BCUT2D eigenvalue weighted by Gasteiger charge is 2.17. The summed E-state index contributed by atoms with van der Waals surface area (Å²) in [5, 5.41) is 4.51. The van der Waals surface area contributed by atoms with Crippen LogP contribution >= 0.6 is 11.3 Å². The number of nitrogens with zero attached hydrogens (tertiary/aromatic N) is 2. The number of rotatable bonds is 5. The van der Waals surface area contributed by atoms with Crippen LogP contribution in [0.2, 0.25) is 0 Å². The Morgan fingerprint density at radius 3 is 2.55 bits per heavy atom. The first kappa shape index (κ1) is 14.8. The zero-order chi connectivity index (χ0) is 14.6. The fraction of sp³-hybridized carbons (Fsp3) is 0.467. The highest BCUT2D eigenvalue weighted by Crippen LogP contribution is 2.27. The Kier molecular flexibility index (Phi) is 4.60. The molecule has 0 atom stereocenters. The molecule has 0 radical (unpaired) electrons. The topological polar surface area (TPSA) is 47.0 Å². The van der Waals surface area contributed by atoms with Crippen LogP contribution in [0.25, 0.3) is 0 Å². The van der Waals surface area contributed by atoms with Crippen molar-refractivity contribution in [2.24, 2.45) is 0 Å². The molecule has 2 heterocycles. The summed E-state index contributed by atoms with van der Waals surface area (Å²) in [7, 11) is 0. The van der Waals surface area contributed by atoms with Gasteiger partial charge in [-0.1, -0.05) is 20.8 Å². The normalized spacial score (nSPS) is 11.4. The van der Waals surface area contributed by atoms with Crippen LogP contribution in [0.15, 0.2) is 24.5 Å². The molecule has 0 aliphatic carbocycles. The molecule has 20 heavy (non-hydrogen) atoms. The van der Waals surface area contributed by atoms with Gasteiger partial charge in [0.25, 0.3) is 0 Å². The lowest BCUT2D eigenvalue weighted by molar-refractivity contribution is 0.327.